The van der Waals surface area contributed by atoms with Gasteiger partial charge in [0.25, 0.3) is 0 Å². The fraction of sp³-hybridized carbons (Fsp3) is 0.667. The molecule has 1 N–H and O–H groups in total. The van der Waals surface area contributed by atoms with Crippen LogP contribution in [0.5, 0.6) is 0 Å². The van der Waals surface area contributed by atoms with Gasteiger partial charge in [0.15, 0.2) is 0 Å². The van der Waals surface area contributed by atoms with Gasteiger partial charge < -0.3 is 10.1 Å². The number of nitrogens with zero attached hydrogens (tertiary/aromatic N) is 2. The number of aromatic nitrogens is 2. The Morgan fingerprint density at radius 2 is 2.33 bits per heavy atom. The maximum atomic E-state index is 11.8. The molecule has 0 radical (unpaired) electrons. The summed E-state index contributed by atoms with van der Waals surface area (Å²) in [5.41, 5.74) is 0.0930. The Balaban J connectivity index is 2.70. The van der Waals surface area contributed by atoms with Crippen molar-refractivity contribution in [1.82, 2.24) is 15.1 Å². The van der Waals surface area contributed by atoms with Crippen LogP contribution in [0.3, 0.4) is 0 Å². The number of halogens is 1. The molecular weight excluding hydrogens is 254 g/mol. The third kappa shape index (κ3) is 3.46. The van der Waals surface area contributed by atoms with Gasteiger partial charge in [0.05, 0.1) is 17.8 Å². The van der Waals surface area contributed by atoms with Gasteiger partial charge in [-0.15, -0.1) is 0 Å². The minimum Gasteiger partial charge on any atom is -0.468 e. The van der Waals surface area contributed by atoms with E-state index in [1.165, 1.54) is 7.11 Å². The number of esters is 1. The summed E-state index contributed by atoms with van der Waals surface area (Å²) in [7, 11) is 1.40. The second kappa shape index (κ2) is 6.20. The molecule has 5 nitrogen and oxygen atoms in total. The second-order valence-electron chi connectivity index (χ2n) is 4.43. The van der Waals surface area contributed by atoms with E-state index in [4.69, 9.17) is 16.3 Å². The van der Waals surface area contributed by atoms with Gasteiger partial charge in [-0.05, 0) is 26.8 Å². The number of hydrogen-bond acceptors (Lipinski definition) is 4. The maximum Gasteiger partial charge on any atom is 0.325 e. The number of aryl methyl sites for hydroxylation is 2. The van der Waals surface area contributed by atoms with Gasteiger partial charge in [-0.2, -0.15) is 5.10 Å². The molecule has 18 heavy (non-hydrogen) atoms. The quantitative estimate of drug-likeness (QED) is 0.803. The monoisotopic (exact) mass is 273 g/mol. The highest BCUT2D eigenvalue weighted by Crippen LogP contribution is 2.16. The van der Waals surface area contributed by atoms with E-state index < -0.39 is 5.54 Å². The van der Waals surface area contributed by atoms with Crippen LogP contribution in [0.4, 0.5) is 0 Å². The average Bonchev–Trinajstić information content (AvgIpc) is 2.66. The molecule has 0 aliphatic carbocycles. The topological polar surface area (TPSA) is 56.2 Å². The molecular formula is C12H20ClN3O2. The molecule has 0 saturated carbocycles. The minimum atomic E-state index is -0.699. The molecule has 0 spiro atoms. The molecule has 0 fully saturated rings. The normalized spacial score (nSPS) is 14.3. The molecule has 6 heteroatoms. The number of carbonyl (C=O) groups excluding carboxylic acids is 1. The fourth-order valence-electron chi connectivity index (χ4n) is 1.82. The van der Waals surface area contributed by atoms with Crippen molar-refractivity contribution >= 4 is 17.6 Å². The van der Waals surface area contributed by atoms with Gasteiger partial charge >= 0.3 is 5.97 Å². The van der Waals surface area contributed by atoms with Gasteiger partial charge in [-0.25, -0.2) is 0 Å². The van der Waals surface area contributed by atoms with E-state index in [1.54, 1.807) is 10.9 Å². The van der Waals surface area contributed by atoms with Crippen molar-refractivity contribution in [3.05, 3.63) is 16.9 Å². The molecule has 102 valence electrons. The van der Waals surface area contributed by atoms with Crippen LogP contribution in [0, 0.1) is 6.92 Å². The SMILES string of the molecule is CCNC(C)(CCn1cc(Cl)c(C)n1)C(=O)OC. The molecule has 1 aromatic rings. The lowest BCUT2D eigenvalue weighted by atomic mass is 9.98. The van der Waals surface area contributed by atoms with Crippen LogP contribution in [-0.2, 0) is 16.1 Å². The first-order valence-corrected chi connectivity index (χ1v) is 6.33. The molecule has 0 saturated heterocycles. The van der Waals surface area contributed by atoms with Crippen LogP contribution in [0.1, 0.15) is 26.0 Å². The Morgan fingerprint density at radius 3 is 2.78 bits per heavy atom. The summed E-state index contributed by atoms with van der Waals surface area (Å²) < 4.78 is 6.57. The van der Waals surface area contributed by atoms with Crippen LogP contribution in [0.15, 0.2) is 6.20 Å². The van der Waals surface area contributed by atoms with Crippen molar-refractivity contribution in [2.24, 2.45) is 0 Å². The number of ether oxygens (including phenoxy) is 1. The predicted octanol–water partition coefficient (Wildman–Crippen LogP) is 1.78. The number of hydrogen-bond donors (Lipinski definition) is 1. The molecule has 0 amide bonds. The Morgan fingerprint density at radius 1 is 1.67 bits per heavy atom. The summed E-state index contributed by atoms with van der Waals surface area (Å²) in [4.78, 5) is 11.8. The smallest absolute Gasteiger partial charge is 0.325 e. The van der Waals surface area contributed by atoms with Gasteiger partial charge in [0, 0.05) is 12.7 Å². The van der Waals surface area contributed by atoms with Crippen molar-refractivity contribution < 1.29 is 9.53 Å². The lowest BCUT2D eigenvalue weighted by Gasteiger charge is -2.27. The second-order valence-corrected chi connectivity index (χ2v) is 4.84. The molecule has 0 aromatic carbocycles. The summed E-state index contributed by atoms with van der Waals surface area (Å²) in [6.07, 6.45) is 2.35. The van der Waals surface area contributed by atoms with E-state index in [1.807, 2.05) is 20.8 Å². The summed E-state index contributed by atoms with van der Waals surface area (Å²) in [6, 6.07) is 0. The molecule has 1 heterocycles. The van der Waals surface area contributed by atoms with Crippen molar-refractivity contribution in [3.8, 4) is 0 Å². The fourth-order valence-corrected chi connectivity index (χ4v) is 1.97. The molecule has 0 aliphatic rings. The highest BCUT2D eigenvalue weighted by Gasteiger charge is 2.33. The highest BCUT2D eigenvalue weighted by molar-refractivity contribution is 6.31. The van der Waals surface area contributed by atoms with E-state index in [2.05, 4.69) is 10.4 Å². The third-order valence-electron chi connectivity index (χ3n) is 2.93. The summed E-state index contributed by atoms with van der Waals surface area (Å²) in [6.45, 7) is 6.94. The largest absolute Gasteiger partial charge is 0.468 e. The van der Waals surface area contributed by atoms with Gasteiger partial charge in [0.1, 0.15) is 5.54 Å². The zero-order chi connectivity index (χ0) is 13.8. The van der Waals surface area contributed by atoms with E-state index in [9.17, 15) is 4.79 Å². The third-order valence-corrected chi connectivity index (χ3v) is 3.30. The first-order valence-electron chi connectivity index (χ1n) is 5.96. The Labute approximate surface area is 112 Å². The molecule has 1 aromatic heterocycles. The lowest BCUT2D eigenvalue weighted by Crippen LogP contribution is -2.50. The van der Waals surface area contributed by atoms with Crippen molar-refractivity contribution in [3.63, 3.8) is 0 Å². The number of methoxy groups -OCH3 is 1. The predicted molar refractivity (Wildman–Crippen MR) is 70.7 cm³/mol. The van der Waals surface area contributed by atoms with Crippen LogP contribution in [0.2, 0.25) is 5.02 Å². The zero-order valence-corrected chi connectivity index (χ0v) is 12.0. The van der Waals surface area contributed by atoms with Crippen molar-refractivity contribution in [2.75, 3.05) is 13.7 Å². The Kier molecular flexibility index (Phi) is 5.16. The van der Waals surface area contributed by atoms with Gasteiger partial charge in [0.2, 0.25) is 0 Å². The van der Waals surface area contributed by atoms with Crippen LogP contribution < -0.4 is 5.32 Å². The average molecular weight is 274 g/mol. The molecule has 1 rings (SSSR count). The molecule has 1 atom stereocenters. The standard InChI is InChI=1S/C12H20ClN3O2/c1-5-14-12(3,11(17)18-4)6-7-16-8-10(13)9(2)15-16/h8,14H,5-7H2,1-4H3. The summed E-state index contributed by atoms with van der Waals surface area (Å²) >= 11 is 5.94. The molecule has 0 aliphatic heterocycles. The van der Waals surface area contributed by atoms with Crippen LogP contribution in [-0.4, -0.2) is 34.9 Å². The summed E-state index contributed by atoms with van der Waals surface area (Å²) in [5.74, 6) is -0.265. The van der Waals surface area contributed by atoms with Crippen LogP contribution >= 0.6 is 11.6 Å². The lowest BCUT2D eigenvalue weighted by molar-refractivity contribution is -0.148. The van der Waals surface area contributed by atoms with E-state index in [-0.39, 0.29) is 5.97 Å². The van der Waals surface area contributed by atoms with E-state index in [0.717, 1.165) is 5.69 Å². The molecule has 1 unspecified atom stereocenters. The number of carbonyl (C=O) groups is 1. The van der Waals surface area contributed by atoms with Gasteiger partial charge in [-0.3, -0.25) is 9.48 Å². The number of nitrogens with one attached hydrogen (secondary N) is 1. The van der Waals surface area contributed by atoms with Crippen molar-refractivity contribution in [2.45, 2.75) is 39.3 Å². The first kappa shape index (κ1) is 15.0. The Bertz CT molecular complexity index is 400. The van der Waals surface area contributed by atoms with Crippen LogP contribution in [0.25, 0.3) is 0 Å². The zero-order valence-electron chi connectivity index (χ0n) is 11.3. The summed E-state index contributed by atoms with van der Waals surface area (Å²) in [5, 5.41) is 8.05. The maximum absolute atomic E-state index is 11.8. The van der Waals surface area contributed by atoms with E-state index >= 15 is 0 Å². The van der Waals surface area contributed by atoms with Crippen molar-refractivity contribution in [1.29, 1.82) is 0 Å². The Hall–Kier alpha value is -1.07. The molecule has 0 bridgehead atoms. The highest BCUT2D eigenvalue weighted by atomic mass is 35.5. The minimum absolute atomic E-state index is 0.265. The first-order chi connectivity index (χ1) is 8.42. The van der Waals surface area contributed by atoms with Gasteiger partial charge in [-0.1, -0.05) is 18.5 Å². The van der Waals surface area contributed by atoms with E-state index in [0.29, 0.717) is 24.5 Å². The number of likely N-dealkylation sites (N-methyl/N-ethyl adjacent to an activating group) is 1. The number of rotatable bonds is 6.